The number of carbonyl (C=O) groups is 3. The first-order valence-electron chi connectivity index (χ1n) is 9.12. The molecule has 7 heteroatoms. The fraction of sp³-hybridized carbons (Fsp3) is 0.286. The lowest BCUT2D eigenvalue weighted by atomic mass is 10.2. The molecule has 6 nitrogen and oxygen atoms in total. The monoisotopic (exact) mass is 399 g/mol. The number of rotatable bonds is 8. The van der Waals surface area contributed by atoms with E-state index in [-0.39, 0.29) is 23.0 Å². The standard InChI is InChI=1S/C21H25N3O3S/c1-4-6-20(26)23-18-7-5-8-19(13-18)28-14(2)21(27)24-17-11-9-16(10-12-17)22-15(3)25/h5,7-14H,4,6H2,1-3H3,(H,22,25)(H,23,26)(H,24,27). The maximum atomic E-state index is 12.5. The highest BCUT2D eigenvalue weighted by molar-refractivity contribution is 8.00. The molecule has 0 spiro atoms. The third kappa shape index (κ3) is 7.08. The van der Waals surface area contributed by atoms with Gasteiger partial charge in [-0.15, -0.1) is 11.8 Å². The van der Waals surface area contributed by atoms with Crippen molar-refractivity contribution in [3.63, 3.8) is 0 Å². The van der Waals surface area contributed by atoms with Crippen LogP contribution in [0.3, 0.4) is 0 Å². The Morgan fingerprint density at radius 1 is 0.929 bits per heavy atom. The highest BCUT2D eigenvalue weighted by atomic mass is 32.2. The van der Waals surface area contributed by atoms with Crippen LogP contribution in [-0.4, -0.2) is 23.0 Å². The second-order valence-electron chi connectivity index (χ2n) is 6.33. The Labute approximate surface area is 169 Å². The smallest absolute Gasteiger partial charge is 0.237 e. The third-order valence-corrected chi connectivity index (χ3v) is 4.84. The maximum Gasteiger partial charge on any atom is 0.237 e. The average Bonchev–Trinajstić information content (AvgIpc) is 2.63. The van der Waals surface area contributed by atoms with Gasteiger partial charge in [-0.05, 0) is 55.8 Å². The van der Waals surface area contributed by atoms with Crippen LogP contribution in [0.5, 0.6) is 0 Å². The van der Waals surface area contributed by atoms with Crippen LogP contribution in [0, 0.1) is 0 Å². The zero-order valence-electron chi connectivity index (χ0n) is 16.2. The normalized spacial score (nSPS) is 11.4. The molecule has 0 saturated carbocycles. The lowest BCUT2D eigenvalue weighted by molar-refractivity contribution is -0.116. The summed E-state index contributed by atoms with van der Waals surface area (Å²) in [6.45, 7) is 5.23. The number of hydrogen-bond acceptors (Lipinski definition) is 4. The molecule has 0 aliphatic carbocycles. The van der Waals surface area contributed by atoms with Gasteiger partial charge in [-0.25, -0.2) is 0 Å². The van der Waals surface area contributed by atoms with E-state index in [4.69, 9.17) is 0 Å². The van der Waals surface area contributed by atoms with Gasteiger partial charge in [-0.1, -0.05) is 13.0 Å². The first-order chi connectivity index (χ1) is 13.4. The van der Waals surface area contributed by atoms with Crippen molar-refractivity contribution in [2.45, 2.75) is 43.8 Å². The summed E-state index contributed by atoms with van der Waals surface area (Å²) < 4.78 is 0. The highest BCUT2D eigenvalue weighted by Crippen LogP contribution is 2.27. The van der Waals surface area contributed by atoms with Crippen molar-refractivity contribution in [3.05, 3.63) is 48.5 Å². The number of anilines is 3. The number of nitrogens with one attached hydrogen (secondary N) is 3. The zero-order chi connectivity index (χ0) is 20.5. The molecule has 0 bridgehead atoms. The molecular formula is C21H25N3O3S. The van der Waals surface area contributed by atoms with E-state index in [1.54, 1.807) is 24.3 Å². The van der Waals surface area contributed by atoms with Crippen LogP contribution in [0.2, 0.25) is 0 Å². The summed E-state index contributed by atoms with van der Waals surface area (Å²) in [4.78, 5) is 36.1. The van der Waals surface area contributed by atoms with E-state index >= 15 is 0 Å². The van der Waals surface area contributed by atoms with Crippen molar-refractivity contribution >= 4 is 46.5 Å². The summed E-state index contributed by atoms with van der Waals surface area (Å²) in [5.41, 5.74) is 2.06. The van der Waals surface area contributed by atoms with E-state index in [2.05, 4.69) is 16.0 Å². The molecule has 0 fully saturated rings. The molecule has 0 radical (unpaired) electrons. The molecular weight excluding hydrogens is 374 g/mol. The van der Waals surface area contributed by atoms with Gasteiger partial charge in [0.1, 0.15) is 0 Å². The van der Waals surface area contributed by atoms with Gasteiger partial charge < -0.3 is 16.0 Å². The Bertz CT molecular complexity index is 837. The number of benzene rings is 2. The van der Waals surface area contributed by atoms with Crippen LogP contribution in [0.25, 0.3) is 0 Å². The first kappa shape index (κ1) is 21.5. The maximum absolute atomic E-state index is 12.5. The zero-order valence-corrected chi connectivity index (χ0v) is 17.1. The fourth-order valence-electron chi connectivity index (χ4n) is 2.44. The molecule has 148 valence electrons. The fourth-order valence-corrected chi connectivity index (χ4v) is 3.37. The molecule has 0 aliphatic rings. The Hall–Kier alpha value is -2.80. The highest BCUT2D eigenvalue weighted by Gasteiger charge is 2.15. The molecule has 2 rings (SSSR count). The summed E-state index contributed by atoms with van der Waals surface area (Å²) in [7, 11) is 0. The predicted octanol–water partition coefficient (Wildman–Crippen LogP) is 4.50. The molecule has 1 unspecified atom stereocenters. The number of hydrogen-bond donors (Lipinski definition) is 3. The average molecular weight is 400 g/mol. The molecule has 0 heterocycles. The van der Waals surface area contributed by atoms with E-state index < -0.39 is 0 Å². The van der Waals surface area contributed by atoms with E-state index in [0.717, 1.165) is 17.0 Å². The molecule has 0 saturated heterocycles. The molecule has 3 amide bonds. The van der Waals surface area contributed by atoms with Gasteiger partial charge in [0.2, 0.25) is 17.7 Å². The van der Waals surface area contributed by atoms with Gasteiger partial charge >= 0.3 is 0 Å². The van der Waals surface area contributed by atoms with Gasteiger partial charge in [0.05, 0.1) is 5.25 Å². The Kier molecular flexibility index (Phi) is 8.07. The van der Waals surface area contributed by atoms with E-state index in [0.29, 0.717) is 17.8 Å². The quantitative estimate of drug-likeness (QED) is 0.570. The largest absolute Gasteiger partial charge is 0.326 e. The molecule has 0 aliphatic heterocycles. The van der Waals surface area contributed by atoms with Crippen molar-refractivity contribution in [1.29, 1.82) is 0 Å². The summed E-state index contributed by atoms with van der Waals surface area (Å²) in [6.07, 6.45) is 1.28. The van der Waals surface area contributed by atoms with Crippen molar-refractivity contribution < 1.29 is 14.4 Å². The van der Waals surface area contributed by atoms with Gasteiger partial charge in [0.25, 0.3) is 0 Å². The van der Waals surface area contributed by atoms with Crippen molar-refractivity contribution in [2.24, 2.45) is 0 Å². The van der Waals surface area contributed by atoms with Crippen LogP contribution >= 0.6 is 11.8 Å². The minimum atomic E-state index is -0.323. The third-order valence-electron chi connectivity index (χ3n) is 3.75. The van der Waals surface area contributed by atoms with Crippen LogP contribution in [0.1, 0.15) is 33.6 Å². The van der Waals surface area contributed by atoms with Crippen molar-refractivity contribution in [1.82, 2.24) is 0 Å². The Morgan fingerprint density at radius 2 is 1.57 bits per heavy atom. The number of thioether (sulfide) groups is 1. The summed E-state index contributed by atoms with van der Waals surface area (Å²) in [6, 6.07) is 14.4. The molecule has 28 heavy (non-hydrogen) atoms. The van der Waals surface area contributed by atoms with Crippen LogP contribution in [0.4, 0.5) is 17.1 Å². The molecule has 3 N–H and O–H groups in total. The van der Waals surface area contributed by atoms with E-state index in [1.807, 2.05) is 38.1 Å². The van der Waals surface area contributed by atoms with E-state index in [1.165, 1.54) is 18.7 Å². The minimum absolute atomic E-state index is 0.0156. The minimum Gasteiger partial charge on any atom is -0.326 e. The van der Waals surface area contributed by atoms with Gasteiger partial charge in [0.15, 0.2) is 0 Å². The molecule has 2 aromatic carbocycles. The SMILES string of the molecule is CCCC(=O)Nc1cccc(SC(C)C(=O)Nc2ccc(NC(C)=O)cc2)c1. The second kappa shape index (κ2) is 10.5. The topological polar surface area (TPSA) is 87.3 Å². The molecule has 0 aromatic heterocycles. The Morgan fingerprint density at radius 3 is 2.18 bits per heavy atom. The predicted molar refractivity (Wildman–Crippen MR) is 115 cm³/mol. The van der Waals surface area contributed by atoms with Crippen LogP contribution in [-0.2, 0) is 14.4 Å². The molecule has 2 aromatic rings. The van der Waals surface area contributed by atoms with Gasteiger partial charge in [-0.3, -0.25) is 14.4 Å². The number of carbonyl (C=O) groups excluding carboxylic acids is 3. The van der Waals surface area contributed by atoms with Crippen molar-refractivity contribution in [3.8, 4) is 0 Å². The lowest BCUT2D eigenvalue weighted by Crippen LogP contribution is -2.22. The van der Waals surface area contributed by atoms with Gasteiger partial charge in [-0.2, -0.15) is 0 Å². The van der Waals surface area contributed by atoms with Crippen LogP contribution < -0.4 is 16.0 Å². The second-order valence-corrected chi connectivity index (χ2v) is 7.75. The number of amides is 3. The summed E-state index contributed by atoms with van der Waals surface area (Å²) in [5, 5.41) is 8.08. The van der Waals surface area contributed by atoms with Crippen molar-refractivity contribution in [2.75, 3.05) is 16.0 Å². The van der Waals surface area contributed by atoms with Gasteiger partial charge in [0, 0.05) is 35.3 Å². The first-order valence-corrected chi connectivity index (χ1v) is 10.0. The van der Waals surface area contributed by atoms with E-state index in [9.17, 15) is 14.4 Å². The Balaban J connectivity index is 1.93. The molecule has 1 atom stereocenters. The summed E-state index contributed by atoms with van der Waals surface area (Å²) >= 11 is 1.42. The summed E-state index contributed by atoms with van der Waals surface area (Å²) in [5.74, 6) is -0.286. The lowest BCUT2D eigenvalue weighted by Gasteiger charge is -2.13. The van der Waals surface area contributed by atoms with Crippen LogP contribution in [0.15, 0.2) is 53.4 Å².